The molecule has 0 saturated heterocycles. The zero-order valence-electron chi connectivity index (χ0n) is 7.85. The van der Waals surface area contributed by atoms with Crippen molar-refractivity contribution >= 4 is 5.97 Å². The largest absolute Gasteiger partial charge is 0.456 e. The molecule has 0 aliphatic carbocycles. The van der Waals surface area contributed by atoms with Crippen molar-refractivity contribution in [1.29, 1.82) is 0 Å². The van der Waals surface area contributed by atoms with Gasteiger partial charge < -0.3 is 4.74 Å². The zero-order valence-corrected chi connectivity index (χ0v) is 6.85. The Morgan fingerprint density at radius 2 is 2.45 bits per heavy atom. The number of carbonyl (C=O) groups excluding carboxylic acids is 1. The third-order valence-electron chi connectivity index (χ3n) is 1.33. The van der Waals surface area contributed by atoms with Gasteiger partial charge >= 0.3 is 5.97 Å². The third-order valence-corrected chi connectivity index (χ3v) is 1.33. The van der Waals surface area contributed by atoms with Gasteiger partial charge in [-0.15, -0.1) is 6.40 Å². The van der Waals surface area contributed by atoms with E-state index in [0.717, 1.165) is 12.8 Å². The Hall–Kier alpha value is -0.970. The molecule has 0 saturated carbocycles. The number of hydrogen-bond donors (Lipinski definition) is 0. The molecule has 0 heterocycles. The standard InChI is InChI=1S/C9H14O2/c1-3-5-6-7-8-11-9(10)4-2/h2H,3,5-8H2,1H3/i2D. The van der Waals surface area contributed by atoms with Crippen LogP contribution < -0.4 is 0 Å². The first-order chi connectivity index (χ1) is 5.81. The predicted octanol–water partition coefficient (Wildman–Crippen LogP) is 1.74. The molecule has 0 radical (unpaired) electrons. The van der Waals surface area contributed by atoms with Crippen molar-refractivity contribution in [2.45, 2.75) is 32.6 Å². The predicted molar refractivity (Wildman–Crippen MR) is 43.9 cm³/mol. The first kappa shape index (κ1) is 8.13. The molecule has 0 rings (SSSR count). The van der Waals surface area contributed by atoms with Gasteiger partial charge in [-0.2, -0.15) is 0 Å². The Bertz CT molecular complexity index is 179. The molecule has 0 amide bonds. The maximum absolute atomic E-state index is 10.6. The smallest absolute Gasteiger partial charge is 0.384 e. The normalized spacial score (nSPS) is 9.36. The van der Waals surface area contributed by atoms with E-state index in [-0.39, 0.29) is 0 Å². The summed E-state index contributed by atoms with van der Waals surface area (Å²) in [6.45, 7) is 2.55. The van der Waals surface area contributed by atoms with Gasteiger partial charge in [0.15, 0.2) is 0 Å². The van der Waals surface area contributed by atoms with Crippen LogP contribution in [0.25, 0.3) is 0 Å². The monoisotopic (exact) mass is 155 g/mol. The maximum atomic E-state index is 10.6. The highest BCUT2D eigenvalue weighted by molar-refractivity contribution is 5.87. The number of esters is 1. The Morgan fingerprint density at radius 1 is 1.64 bits per heavy atom. The molecule has 0 fully saturated rings. The van der Waals surface area contributed by atoms with Gasteiger partial charge in [0.1, 0.15) is 1.37 Å². The summed E-state index contributed by atoms with van der Waals surface area (Å²) in [6, 6.07) is 0. The second-order valence-corrected chi connectivity index (χ2v) is 2.32. The SMILES string of the molecule is [2H]C#CC(=O)OCCCCCC. The summed E-state index contributed by atoms with van der Waals surface area (Å²) in [4.78, 5) is 10.6. The summed E-state index contributed by atoms with van der Waals surface area (Å²) in [5, 5.41) is 0. The van der Waals surface area contributed by atoms with Gasteiger partial charge in [0, 0.05) is 5.92 Å². The average molecular weight is 155 g/mol. The fourth-order valence-corrected chi connectivity index (χ4v) is 0.730. The molecule has 0 aromatic rings. The van der Waals surface area contributed by atoms with Crippen LogP contribution in [0.4, 0.5) is 0 Å². The van der Waals surface area contributed by atoms with E-state index in [1.807, 2.05) is 5.92 Å². The highest BCUT2D eigenvalue weighted by Crippen LogP contribution is 1.98. The van der Waals surface area contributed by atoms with E-state index < -0.39 is 5.97 Å². The van der Waals surface area contributed by atoms with Crippen molar-refractivity contribution in [1.82, 2.24) is 0 Å². The quantitative estimate of drug-likeness (QED) is 0.261. The van der Waals surface area contributed by atoms with E-state index in [1.54, 1.807) is 6.40 Å². The van der Waals surface area contributed by atoms with Gasteiger partial charge in [0.05, 0.1) is 6.61 Å². The zero-order chi connectivity index (χ0) is 9.23. The van der Waals surface area contributed by atoms with Crippen LogP contribution in [0.2, 0.25) is 0 Å². The van der Waals surface area contributed by atoms with E-state index in [2.05, 4.69) is 6.92 Å². The fraction of sp³-hybridized carbons (Fsp3) is 0.667. The van der Waals surface area contributed by atoms with Gasteiger partial charge in [0.25, 0.3) is 0 Å². The van der Waals surface area contributed by atoms with Crippen LogP contribution in [-0.2, 0) is 9.53 Å². The summed E-state index contributed by atoms with van der Waals surface area (Å²) >= 11 is 0. The topological polar surface area (TPSA) is 26.3 Å². The van der Waals surface area contributed by atoms with Crippen molar-refractivity contribution < 1.29 is 10.9 Å². The summed E-state index contributed by atoms with van der Waals surface area (Å²) in [5.41, 5.74) is 0. The van der Waals surface area contributed by atoms with Crippen molar-refractivity contribution in [3.63, 3.8) is 0 Å². The molecule has 0 atom stereocenters. The summed E-state index contributed by atoms with van der Waals surface area (Å²) in [7, 11) is 0. The lowest BCUT2D eigenvalue weighted by Crippen LogP contribution is -2.01. The number of hydrogen-bond acceptors (Lipinski definition) is 2. The Balaban J connectivity index is 3.18. The van der Waals surface area contributed by atoms with Gasteiger partial charge in [-0.05, 0) is 6.42 Å². The lowest BCUT2D eigenvalue weighted by molar-refractivity contribution is -0.136. The van der Waals surface area contributed by atoms with Crippen LogP contribution in [0.1, 0.15) is 34.0 Å². The van der Waals surface area contributed by atoms with Crippen molar-refractivity contribution in [3.05, 3.63) is 0 Å². The van der Waals surface area contributed by atoms with E-state index in [0.29, 0.717) is 6.61 Å². The fourth-order valence-electron chi connectivity index (χ4n) is 0.730. The molecule has 0 aromatic heterocycles. The minimum atomic E-state index is -0.596. The van der Waals surface area contributed by atoms with Crippen LogP contribution >= 0.6 is 0 Å². The maximum Gasteiger partial charge on any atom is 0.384 e. The second kappa shape index (κ2) is 7.14. The molecule has 2 nitrogen and oxygen atoms in total. The van der Waals surface area contributed by atoms with Crippen LogP contribution in [-0.4, -0.2) is 12.6 Å². The minimum Gasteiger partial charge on any atom is -0.456 e. The van der Waals surface area contributed by atoms with E-state index in [9.17, 15) is 4.79 Å². The molecule has 0 aliphatic rings. The average Bonchev–Trinajstić information content (AvgIpc) is 2.05. The molecule has 2 heteroatoms. The summed E-state index contributed by atoms with van der Waals surface area (Å²) in [6.07, 6.45) is 6.05. The third kappa shape index (κ3) is 6.92. The molecule has 0 aromatic carbocycles. The van der Waals surface area contributed by atoms with Gasteiger partial charge in [0.2, 0.25) is 0 Å². The van der Waals surface area contributed by atoms with Crippen molar-refractivity contribution in [3.8, 4) is 12.3 Å². The van der Waals surface area contributed by atoms with Gasteiger partial charge in [-0.1, -0.05) is 26.2 Å². The van der Waals surface area contributed by atoms with Crippen molar-refractivity contribution in [2.24, 2.45) is 0 Å². The van der Waals surface area contributed by atoms with Crippen LogP contribution in [0, 0.1) is 12.3 Å². The molecule has 62 valence electrons. The highest BCUT2D eigenvalue weighted by Gasteiger charge is 1.94. The second-order valence-electron chi connectivity index (χ2n) is 2.32. The van der Waals surface area contributed by atoms with E-state index >= 15 is 0 Å². The van der Waals surface area contributed by atoms with Gasteiger partial charge in [-0.25, -0.2) is 4.79 Å². The number of terminal acetylenes is 1. The molecule has 0 aliphatic heterocycles. The molecule has 0 spiro atoms. The van der Waals surface area contributed by atoms with Crippen molar-refractivity contribution in [2.75, 3.05) is 6.61 Å². The Kier molecular flexibility index (Phi) is 5.28. The van der Waals surface area contributed by atoms with Gasteiger partial charge in [-0.3, -0.25) is 0 Å². The number of rotatable bonds is 5. The summed E-state index contributed by atoms with van der Waals surface area (Å²) < 4.78 is 11.1. The lowest BCUT2D eigenvalue weighted by Gasteiger charge is -1.98. The van der Waals surface area contributed by atoms with Crippen LogP contribution in [0.15, 0.2) is 0 Å². The summed E-state index contributed by atoms with van der Waals surface area (Å²) in [5.74, 6) is 1.40. The lowest BCUT2D eigenvalue weighted by atomic mass is 10.2. The Morgan fingerprint density at radius 3 is 3.09 bits per heavy atom. The van der Waals surface area contributed by atoms with Crippen LogP contribution in [0.5, 0.6) is 0 Å². The first-order valence-corrected chi connectivity index (χ1v) is 3.90. The molecular formula is C9H14O2. The van der Waals surface area contributed by atoms with E-state index in [1.165, 1.54) is 12.8 Å². The van der Waals surface area contributed by atoms with Crippen LogP contribution in [0.3, 0.4) is 0 Å². The molecular weight excluding hydrogens is 140 g/mol. The molecule has 0 bridgehead atoms. The van der Waals surface area contributed by atoms with E-state index in [4.69, 9.17) is 6.11 Å². The minimum absolute atomic E-state index is 0.424. The number of unbranched alkanes of at least 4 members (excludes halogenated alkanes) is 3. The number of carbonyl (C=O) groups is 1. The molecule has 0 unspecified atom stereocenters. The first-order valence-electron chi connectivity index (χ1n) is 4.40. The number of ether oxygens (including phenoxy) is 1. The highest BCUT2D eigenvalue weighted by atomic mass is 16.5. The molecule has 0 N–H and O–H groups in total. The Labute approximate surface area is 69.3 Å². The molecule has 11 heavy (non-hydrogen) atoms.